The number of carbonyl (C=O) groups is 1. The van der Waals surface area contributed by atoms with Gasteiger partial charge < -0.3 is 4.29 Å². The molecule has 0 bridgehead atoms. The molecule has 0 aliphatic carbocycles. The molecule has 0 aliphatic heterocycles. The third kappa shape index (κ3) is 1.63. The molecule has 0 amide bonds. The molecule has 0 fully saturated rings. The van der Waals surface area contributed by atoms with Gasteiger partial charge in [-0.15, -0.1) is 0 Å². The van der Waals surface area contributed by atoms with E-state index in [4.69, 9.17) is 5.26 Å². The Morgan fingerprint density at radius 3 is 2.50 bits per heavy atom. The van der Waals surface area contributed by atoms with Crippen LogP contribution >= 0.6 is 11.9 Å². The molecule has 0 aromatic heterocycles. The summed E-state index contributed by atoms with van der Waals surface area (Å²) in [6.45, 7) is 3.02. The van der Waals surface area contributed by atoms with Crippen LogP contribution in [-0.2, 0) is 9.08 Å². The minimum atomic E-state index is -0.908. The van der Waals surface area contributed by atoms with Crippen molar-refractivity contribution < 1.29 is 9.08 Å². The number of nitriles is 1. The van der Waals surface area contributed by atoms with Gasteiger partial charge in [0.15, 0.2) is 0 Å². The Morgan fingerprint density at radius 2 is 2.38 bits per heavy atom. The zero-order chi connectivity index (χ0) is 6.57. The average molecular weight is 132 g/mol. The highest BCUT2D eigenvalue weighted by molar-refractivity contribution is 6.16. The van der Waals surface area contributed by atoms with Crippen molar-refractivity contribution in [2.75, 3.05) is 0 Å². The van der Waals surface area contributed by atoms with Crippen molar-refractivity contribution in [3.05, 3.63) is 12.2 Å². The van der Waals surface area contributed by atoms with Crippen LogP contribution < -0.4 is 0 Å². The van der Waals surface area contributed by atoms with Crippen LogP contribution in [0, 0.1) is 11.3 Å². The van der Waals surface area contributed by atoms with Crippen molar-refractivity contribution >= 4 is 17.8 Å². The fraction of sp³-hybridized carbons (Fsp3) is 0. The summed E-state index contributed by atoms with van der Waals surface area (Å²) in [6.07, 6.45) is 0. The summed E-state index contributed by atoms with van der Waals surface area (Å²) in [5, 5.41) is 7.93. The van der Waals surface area contributed by atoms with Gasteiger partial charge in [0, 0.05) is 0 Å². The lowest BCUT2D eigenvalue weighted by Gasteiger charge is -1.84. The third-order valence-corrected chi connectivity index (χ3v) is 0.592. The van der Waals surface area contributed by atoms with E-state index in [9.17, 15) is 4.79 Å². The number of halogens is 1. The second-order valence-corrected chi connectivity index (χ2v) is 1.11. The Kier molecular flexibility index (Phi) is 2.67. The average Bonchev–Trinajstić information content (AvgIpc) is 1.84. The molecule has 0 rings (SSSR count). The predicted octanol–water partition coefficient (Wildman–Crippen LogP) is 0.763. The molecule has 0 spiro atoms. The lowest BCUT2D eigenvalue weighted by Crippen LogP contribution is -1.96. The molecule has 3 nitrogen and oxygen atoms in total. The molecule has 0 heterocycles. The van der Waals surface area contributed by atoms with Gasteiger partial charge in [-0.25, -0.2) is 4.79 Å². The molecule has 0 aliphatic rings. The van der Waals surface area contributed by atoms with Crippen LogP contribution in [-0.4, -0.2) is 5.97 Å². The molecule has 42 valence electrons. The zero-order valence-electron chi connectivity index (χ0n) is 3.85. The second kappa shape index (κ2) is 3.05. The van der Waals surface area contributed by atoms with E-state index >= 15 is 0 Å². The van der Waals surface area contributed by atoms with E-state index in [1.54, 1.807) is 0 Å². The number of hydrogen-bond donors (Lipinski definition) is 0. The van der Waals surface area contributed by atoms with Crippen molar-refractivity contribution in [1.82, 2.24) is 0 Å². The van der Waals surface area contributed by atoms with Crippen LogP contribution in [0.5, 0.6) is 0 Å². The summed E-state index contributed by atoms with van der Waals surface area (Å²) in [5.41, 5.74) is -0.306. The van der Waals surface area contributed by atoms with E-state index in [0.717, 1.165) is 0 Å². The summed E-state index contributed by atoms with van der Waals surface area (Å²) < 4.78 is 3.61. The number of carbonyl (C=O) groups excluding carboxylic acids is 1. The smallest absolute Gasteiger partial charge is 0.343 e. The Labute approximate surface area is 51.3 Å². The number of nitrogens with zero attached hydrogens (tertiary/aromatic N) is 1. The Bertz CT molecular complexity index is 158. The van der Waals surface area contributed by atoms with Gasteiger partial charge in [0.1, 0.15) is 23.5 Å². The monoisotopic (exact) mass is 131 g/mol. The molecule has 8 heavy (non-hydrogen) atoms. The van der Waals surface area contributed by atoms with E-state index in [-0.39, 0.29) is 5.57 Å². The van der Waals surface area contributed by atoms with E-state index in [0.29, 0.717) is 0 Å². The quantitative estimate of drug-likeness (QED) is 0.390. The van der Waals surface area contributed by atoms with Crippen molar-refractivity contribution in [3.8, 4) is 6.07 Å². The van der Waals surface area contributed by atoms with Crippen molar-refractivity contribution in [2.45, 2.75) is 0 Å². The molecule has 0 N–H and O–H groups in total. The Balaban J connectivity index is 3.89. The predicted molar refractivity (Wildman–Crippen MR) is 26.7 cm³/mol. The van der Waals surface area contributed by atoms with E-state index < -0.39 is 5.97 Å². The summed E-state index contributed by atoms with van der Waals surface area (Å²) >= 11 is 4.56. The van der Waals surface area contributed by atoms with Crippen molar-refractivity contribution in [3.63, 3.8) is 0 Å². The van der Waals surface area contributed by atoms with Gasteiger partial charge in [0.25, 0.3) is 0 Å². The highest BCUT2D eigenvalue weighted by atomic mass is 35.5. The first-order valence-corrected chi connectivity index (χ1v) is 1.95. The molecular formula is C4H2ClNO2. The van der Waals surface area contributed by atoms with Gasteiger partial charge in [-0.1, -0.05) is 6.58 Å². The first-order valence-electron chi connectivity index (χ1n) is 1.64. The summed E-state index contributed by atoms with van der Waals surface area (Å²) in [6, 6.07) is 1.46. The Hall–Kier alpha value is -1.01. The summed E-state index contributed by atoms with van der Waals surface area (Å²) in [7, 11) is 0. The van der Waals surface area contributed by atoms with Gasteiger partial charge in [0.2, 0.25) is 0 Å². The molecule has 0 aromatic rings. The van der Waals surface area contributed by atoms with Gasteiger partial charge in [-0.05, 0) is 0 Å². The highest BCUT2D eigenvalue weighted by Crippen LogP contribution is 1.92. The highest BCUT2D eigenvalue weighted by Gasteiger charge is 2.04. The van der Waals surface area contributed by atoms with Crippen LogP contribution in [0.15, 0.2) is 12.2 Å². The summed E-state index contributed by atoms with van der Waals surface area (Å²) in [4.78, 5) is 10.1. The minimum absolute atomic E-state index is 0.306. The fourth-order valence-electron chi connectivity index (χ4n) is 0.0922. The van der Waals surface area contributed by atoms with Crippen LogP contribution in [0.3, 0.4) is 0 Å². The van der Waals surface area contributed by atoms with E-state index in [2.05, 4.69) is 22.7 Å². The molecule has 0 saturated carbocycles. The molecule has 4 heteroatoms. The molecule has 0 atom stereocenters. The maximum absolute atomic E-state index is 10.1. The van der Waals surface area contributed by atoms with Crippen LogP contribution in [0.1, 0.15) is 0 Å². The number of hydrogen-bond acceptors (Lipinski definition) is 3. The van der Waals surface area contributed by atoms with Crippen molar-refractivity contribution in [2.24, 2.45) is 0 Å². The standard InChI is InChI=1S/C4H2ClNO2/c1-3(2-6)4(7)8-5/h1H2. The number of rotatable bonds is 1. The SMILES string of the molecule is C=C(C#N)C(=O)OCl. The topological polar surface area (TPSA) is 50.1 Å². The second-order valence-electron chi connectivity index (χ2n) is 0.955. The van der Waals surface area contributed by atoms with E-state index in [1.165, 1.54) is 6.07 Å². The Morgan fingerprint density at radius 1 is 1.88 bits per heavy atom. The first-order chi connectivity index (χ1) is 3.72. The lowest BCUT2D eigenvalue weighted by molar-refractivity contribution is -0.129. The maximum Gasteiger partial charge on any atom is 0.366 e. The summed E-state index contributed by atoms with van der Waals surface area (Å²) in [5.74, 6) is -0.908. The lowest BCUT2D eigenvalue weighted by atomic mass is 10.4. The van der Waals surface area contributed by atoms with E-state index in [1.807, 2.05) is 0 Å². The van der Waals surface area contributed by atoms with Crippen LogP contribution in [0.2, 0.25) is 0 Å². The largest absolute Gasteiger partial charge is 0.366 e. The van der Waals surface area contributed by atoms with Gasteiger partial charge >= 0.3 is 5.97 Å². The van der Waals surface area contributed by atoms with Crippen molar-refractivity contribution in [1.29, 1.82) is 5.26 Å². The maximum atomic E-state index is 10.1. The molecule has 0 saturated heterocycles. The fourth-order valence-corrected chi connectivity index (χ4v) is 0.185. The third-order valence-electron chi connectivity index (χ3n) is 0.451. The van der Waals surface area contributed by atoms with Crippen LogP contribution in [0.25, 0.3) is 0 Å². The molecule has 0 radical (unpaired) electrons. The molecule has 0 aromatic carbocycles. The van der Waals surface area contributed by atoms with Gasteiger partial charge in [0.05, 0.1) is 0 Å². The molecule has 0 unspecified atom stereocenters. The van der Waals surface area contributed by atoms with Gasteiger partial charge in [-0.2, -0.15) is 5.26 Å². The zero-order valence-corrected chi connectivity index (χ0v) is 4.60. The molecular weight excluding hydrogens is 130 g/mol. The minimum Gasteiger partial charge on any atom is -0.343 e. The van der Waals surface area contributed by atoms with Gasteiger partial charge in [-0.3, -0.25) is 0 Å². The normalized spacial score (nSPS) is 7.00. The van der Waals surface area contributed by atoms with Crippen LogP contribution in [0.4, 0.5) is 0 Å². The first kappa shape index (κ1) is 6.99.